The summed E-state index contributed by atoms with van der Waals surface area (Å²) in [6.45, 7) is 52.3. The van der Waals surface area contributed by atoms with Gasteiger partial charge in [0.05, 0.1) is 56.6 Å². The van der Waals surface area contributed by atoms with Crippen molar-refractivity contribution in [2.24, 2.45) is 128 Å². The number of hydrogen-bond acceptors (Lipinski definition) is 32. The van der Waals surface area contributed by atoms with Crippen LogP contribution >= 0.6 is 0 Å². The van der Waals surface area contributed by atoms with E-state index in [1.165, 1.54) is 90.9 Å². The first-order valence-corrected chi connectivity index (χ1v) is 57.2. The van der Waals surface area contributed by atoms with Crippen LogP contribution in [0.15, 0.2) is 48.6 Å². The topological polar surface area (TPSA) is 443 Å². The molecule has 0 radical (unpaired) electrons. The molecule has 20 bridgehead atoms. The molecular weight excluding hydrogens is 1920 g/mol. The minimum absolute atomic E-state index is 0.00284. The molecule has 0 aromatic carbocycles. The van der Waals surface area contributed by atoms with Crippen molar-refractivity contribution in [3.63, 3.8) is 0 Å². The zero-order valence-electron chi connectivity index (χ0n) is 90.3. The van der Waals surface area contributed by atoms with E-state index in [1.807, 2.05) is 48.5 Å². The highest BCUT2D eigenvalue weighted by atomic mass is 32.2. The highest BCUT2D eigenvalue weighted by Crippen LogP contribution is 2.66. The van der Waals surface area contributed by atoms with Crippen molar-refractivity contribution in [1.29, 1.82) is 0 Å². The lowest BCUT2D eigenvalue weighted by molar-refractivity contribution is -0.231. The number of hydrogen-bond donors (Lipinski definition) is 2. The average molecular weight is 2090 g/mol. The minimum Gasteiger partial charge on any atom is -0.463 e. The second kappa shape index (κ2) is 44.2. The van der Waals surface area contributed by atoms with Crippen molar-refractivity contribution in [2.45, 2.75) is 425 Å². The molecule has 32 nitrogen and oxygen atoms in total. The Hall–Kier alpha value is -7.66. The monoisotopic (exact) mass is 2090 g/mol. The van der Waals surface area contributed by atoms with Crippen LogP contribution in [0.4, 0.5) is 0 Å². The van der Waals surface area contributed by atoms with E-state index in [9.17, 15) is 84.6 Å². The van der Waals surface area contributed by atoms with Gasteiger partial charge in [0.25, 0.3) is 20.2 Å². The van der Waals surface area contributed by atoms with Gasteiger partial charge >= 0.3 is 71.6 Å². The van der Waals surface area contributed by atoms with Crippen molar-refractivity contribution in [3.05, 3.63) is 48.6 Å². The van der Waals surface area contributed by atoms with E-state index in [0.29, 0.717) is 148 Å². The smallest absolute Gasteiger partial charge is 0.347 e. The SMILES string of the molecule is C=C(C)C(=O)OC1(C(C)C)C2CC3CC(C2)CC1C3.C=C(C)C(=O)OC12CC3CC(CC(O)(C3)C1)C2.C=C(C)C(=O)OC1CCOC1=O.C=C(C)C(=O)OCC(=O)OC1C2CC3C1OS(=O)(=O)C3C2.CCC(C)(C)C(=O)OC1(C(C)C)C2CC3CC(C2)CC1C3.CCC(C)(C)C(=O)OC12CC3CC(CC(O)(C3)C1)C2.CCC(C)(C)C(=O)OC1CCOC1=O.CCC(C)(C)C(=O)OCC(=O)OC1C2CC3C1OS(=O)(=O)C3C2. The zero-order chi connectivity index (χ0) is 108. The van der Waals surface area contributed by atoms with Crippen molar-refractivity contribution in [3.8, 4) is 0 Å². The molecular formula is C112H168O32S2. The van der Waals surface area contributed by atoms with Gasteiger partial charge in [0.2, 0.25) is 12.2 Å². The van der Waals surface area contributed by atoms with Gasteiger partial charge < -0.3 is 67.1 Å². The molecule has 24 fully saturated rings. The van der Waals surface area contributed by atoms with Crippen LogP contribution in [-0.2, 0) is 143 Å². The highest BCUT2D eigenvalue weighted by Gasteiger charge is 2.70. The zero-order valence-corrected chi connectivity index (χ0v) is 91.9. The third-order valence-corrected chi connectivity index (χ3v) is 40.7. The lowest BCUT2D eigenvalue weighted by Gasteiger charge is -2.62. The van der Waals surface area contributed by atoms with E-state index < -0.39 is 155 Å². The Labute approximate surface area is 864 Å². The largest absolute Gasteiger partial charge is 0.463 e. The van der Waals surface area contributed by atoms with Gasteiger partial charge in [-0.3, -0.25) is 27.5 Å². The second-order valence-corrected chi connectivity index (χ2v) is 54.3. The molecule has 0 aromatic heterocycles. The van der Waals surface area contributed by atoms with Crippen LogP contribution in [0.2, 0.25) is 0 Å². The van der Waals surface area contributed by atoms with Crippen molar-refractivity contribution >= 4 is 91.9 Å². The molecule has 24 rings (SSSR count). The summed E-state index contributed by atoms with van der Waals surface area (Å²) >= 11 is 0. The van der Waals surface area contributed by atoms with Crippen molar-refractivity contribution < 1.29 is 150 Å². The number of ether oxygens (including phenoxy) is 12. The number of fused-ring (bicyclic) bond motifs is 2. The third-order valence-electron chi connectivity index (χ3n) is 37.2. The Morgan fingerprint density at radius 3 is 1.03 bits per heavy atom. The van der Waals surface area contributed by atoms with Crippen molar-refractivity contribution in [2.75, 3.05) is 26.4 Å². The average Bonchev–Trinajstić information content (AvgIpc) is 1.65. The molecule has 16 unspecified atom stereocenters. The summed E-state index contributed by atoms with van der Waals surface area (Å²) in [5, 5.41) is 20.3. The van der Waals surface area contributed by atoms with Gasteiger partial charge in [-0.15, -0.1) is 0 Å². The lowest BCUT2D eigenvalue weighted by Crippen LogP contribution is -2.63. The molecule has 34 heteroatoms. The van der Waals surface area contributed by atoms with Crippen LogP contribution in [0.3, 0.4) is 0 Å². The quantitative estimate of drug-likeness (QED) is 0.0351. The summed E-state index contributed by atoms with van der Waals surface area (Å²) in [5.41, 5.74) is -2.72. The molecule has 20 aliphatic carbocycles. The second-order valence-electron chi connectivity index (χ2n) is 50.7. The summed E-state index contributed by atoms with van der Waals surface area (Å²) in [5.74, 6) is 4.16. The summed E-state index contributed by atoms with van der Waals surface area (Å²) in [7, 11) is -7.05. The molecule has 4 heterocycles. The molecule has 0 amide bonds. The molecule has 146 heavy (non-hydrogen) atoms. The summed E-state index contributed by atoms with van der Waals surface area (Å²) < 4.78 is 121. The van der Waals surface area contributed by atoms with Crippen LogP contribution in [0.25, 0.3) is 0 Å². The van der Waals surface area contributed by atoms with Crippen LogP contribution in [0, 0.1) is 128 Å². The highest BCUT2D eigenvalue weighted by molar-refractivity contribution is 7.88. The molecule has 16 atom stereocenters. The lowest BCUT2D eigenvalue weighted by atomic mass is 9.47. The molecule has 820 valence electrons. The van der Waals surface area contributed by atoms with Gasteiger partial charge in [0.15, 0.2) is 13.2 Å². The van der Waals surface area contributed by atoms with E-state index in [4.69, 9.17) is 60.5 Å². The van der Waals surface area contributed by atoms with Gasteiger partial charge in [-0.1, -0.05) is 81.7 Å². The van der Waals surface area contributed by atoms with Gasteiger partial charge in [-0.05, 0) is 346 Å². The summed E-state index contributed by atoms with van der Waals surface area (Å²) in [6.07, 6.45) is 26.8. The van der Waals surface area contributed by atoms with Crippen LogP contribution in [-0.4, -0.2) is 206 Å². The molecule has 0 aromatic rings. The predicted molar refractivity (Wildman–Crippen MR) is 534 cm³/mol. The molecule has 0 spiro atoms. The van der Waals surface area contributed by atoms with Crippen LogP contribution < -0.4 is 0 Å². The molecule has 20 saturated carbocycles. The van der Waals surface area contributed by atoms with E-state index >= 15 is 0 Å². The fourth-order valence-corrected chi connectivity index (χ4v) is 33.0. The Bertz CT molecular complexity index is 5100. The molecule has 4 aliphatic heterocycles. The van der Waals surface area contributed by atoms with E-state index in [2.05, 4.69) is 65.7 Å². The van der Waals surface area contributed by atoms with Gasteiger partial charge in [-0.25, -0.2) is 38.4 Å². The molecule has 24 aliphatic rings. The number of carbonyl (C=O) groups excluding carboxylic acids is 12. The molecule has 2 N–H and O–H groups in total. The Kier molecular flexibility index (Phi) is 34.9. The van der Waals surface area contributed by atoms with Crippen LogP contribution in [0.1, 0.15) is 344 Å². The fraction of sp³-hybridized carbons (Fsp3) is 0.821. The standard InChI is InChI=1S/C19H32O2.C17H26O2.C16H26O3.C15H22O7S.C14H20O3.C13H16O7S.C10H16O4.C8H10O4/c1-6-18(4,5)17(20)21-19(12(2)3)15-8-13-7-14(10-15)11-16(19)9-13;1-10(2)16(18)19-17(11(3)4)14-6-12-5-13(8-14)9-15(17)7-12;1-4-14(2,3)13(17)19-16-8-11-5-12(9-16)7-15(18,6-11)10-16;1-4-15(2,3)14(17)20-7-11(16)21-12-8-5-9-10(6-8)23(18,19)22-13(9)12;1-9(2)12(15)17-14-6-10-3-11(7-14)5-13(16,4-10)8-14;1-6(2)13(15)18-5-10(14)19-11-7-3-8-9(4-7)21(16,17)20-12(8)11;1-4-10(2,3)9(12)14-7-5-6-13-8(7)11;1-5(2)7(9)12-6-3-4-11-8(6)10/h12-16H,6-11H2,1-5H3;11-15H,1,5-9H2,2-4H3;11-12,18H,4-10H2,1-3H3;8-10,12-13H,4-7H2,1-3H3;10-11,16H,1,3-8H2,2H3;7-9,11-12H,1,3-5H2,2H3;7H,4-6H2,1-3H3;6H,1,3-4H2,2H3. The Morgan fingerprint density at radius 2 is 0.692 bits per heavy atom. The fourth-order valence-electron chi connectivity index (χ4n) is 29.3. The Morgan fingerprint density at radius 1 is 0.377 bits per heavy atom. The minimum atomic E-state index is -3.53. The number of rotatable bonds is 26. The maximum Gasteiger partial charge on any atom is 0.347 e. The summed E-state index contributed by atoms with van der Waals surface area (Å²) in [4.78, 5) is 140. The number of carbonyl (C=O) groups is 12. The Balaban J connectivity index is 0.000000140. The van der Waals surface area contributed by atoms with Gasteiger partial charge in [0, 0.05) is 71.6 Å². The van der Waals surface area contributed by atoms with E-state index in [0.717, 1.165) is 87.9 Å². The predicted octanol–water partition coefficient (Wildman–Crippen LogP) is 16.9. The maximum absolute atomic E-state index is 12.8. The van der Waals surface area contributed by atoms with E-state index in [1.54, 1.807) is 41.5 Å². The van der Waals surface area contributed by atoms with Gasteiger partial charge in [0.1, 0.15) is 46.8 Å². The third kappa shape index (κ3) is 25.0. The normalized spacial score (nSPS) is 38.1. The summed E-state index contributed by atoms with van der Waals surface area (Å²) in [6, 6.07) is 0. The maximum atomic E-state index is 12.8. The molecule has 4 saturated heterocycles. The van der Waals surface area contributed by atoms with Crippen molar-refractivity contribution in [1.82, 2.24) is 0 Å². The number of cyclic esters (lactones) is 2. The first kappa shape index (κ1) is 115. The van der Waals surface area contributed by atoms with Gasteiger partial charge in [-0.2, -0.15) is 16.8 Å². The van der Waals surface area contributed by atoms with Crippen LogP contribution in [0.5, 0.6) is 0 Å². The first-order chi connectivity index (χ1) is 67.9. The van der Waals surface area contributed by atoms with E-state index in [-0.39, 0.29) is 86.9 Å². The first-order valence-electron chi connectivity index (χ1n) is 54.2. The number of aliphatic hydroxyl groups is 2. The number of esters is 12.